The van der Waals surface area contributed by atoms with Crippen LogP contribution in [-0.4, -0.2) is 19.6 Å². The Bertz CT molecular complexity index is 985. The Kier molecular flexibility index (Phi) is 4.85. The van der Waals surface area contributed by atoms with Gasteiger partial charge in [-0.2, -0.15) is 10.2 Å². The van der Waals surface area contributed by atoms with Gasteiger partial charge in [-0.3, -0.25) is 0 Å². The van der Waals surface area contributed by atoms with E-state index in [4.69, 9.17) is 0 Å². The van der Waals surface area contributed by atoms with Gasteiger partial charge in [0.2, 0.25) is 0 Å². The van der Waals surface area contributed by atoms with Crippen LogP contribution < -0.4 is 5.32 Å². The molecule has 0 saturated carbocycles. The average Bonchev–Trinajstić information content (AvgIpc) is 3.37. The zero-order chi connectivity index (χ0) is 18.6. The highest BCUT2D eigenvalue weighted by Crippen LogP contribution is 2.20. The number of nitrogens with one attached hydrogen (secondary N) is 1. The van der Waals surface area contributed by atoms with Crippen molar-refractivity contribution in [3.05, 3.63) is 96.1 Å². The fourth-order valence-corrected chi connectivity index (χ4v) is 3.25. The molecule has 0 aliphatic rings. The third-order valence-corrected chi connectivity index (χ3v) is 4.83. The molecule has 4 rings (SSSR count). The molecule has 1 N–H and O–H groups in total. The predicted molar refractivity (Wildman–Crippen MR) is 107 cm³/mol. The first-order chi connectivity index (χ1) is 13.2. The Labute approximate surface area is 159 Å². The normalized spacial score (nSPS) is 12.2. The summed E-state index contributed by atoms with van der Waals surface area (Å²) in [5.41, 5.74) is 5.77. The van der Waals surface area contributed by atoms with E-state index in [1.807, 2.05) is 46.0 Å². The third-order valence-electron chi connectivity index (χ3n) is 4.83. The van der Waals surface area contributed by atoms with Gasteiger partial charge in [0.05, 0.1) is 17.6 Å². The smallest absolute Gasteiger partial charge is 0.0648 e. The van der Waals surface area contributed by atoms with Crippen LogP contribution in [-0.2, 0) is 6.54 Å². The average molecular weight is 357 g/mol. The molecule has 27 heavy (non-hydrogen) atoms. The van der Waals surface area contributed by atoms with Crippen LogP contribution >= 0.6 is 0 Å². The number of aromatic nitrogens is 4. The lowest BCUT2D eigenvalue weighted by molar-refractivity contribution is 0.571. The number of rotatable bonds is 6. The molecule has 0 unspecified atom stereocenters. The Balaban J connectivity index is 1.42. The molecule has 0 spiro atoms. The molecule has 2 aromatic heterocycles. The van der Waals surface area contributed by atoms with E-state index in [0.29, 0.717) is 0 Å². The Morgan fingerprint density at radius 3 is 2.41 bits per heavy atom. The van der Waals surface area contributed by atoms with Gasteiger partial charge < -0.3 is 5.32 Å². The highest BCUT2D eigenvalue weighted by Gasteiger charge is 2.14. The highest BCUT2D eigenvalue weighted by molar-refractivity contribution is 5.36. The van der Waals surface area contributed by atoms with Crippen LogP contribution in [0.1, 0.15) is 29.8 Å². The summed E-state index contributed by atoms with van der Waals surface area (Å²) in [6.07, 6.45) is 5.69. The summed E-state index contributed by atoms with van der Waals surface area (Å²) in [6.45, 7) is 5.10. The van der Waals surface area contributed by atoms with Gasteiger partial charge >= 0.3 is 0 Å². The first kappa shape index (κ1) is 17.2. The maximum atomic E-state index is 4.57. The lowest BCUT2D eigenvalue weighted by Crippen LogP contribution is -2.18. The molecule has 2 aromatic carbocycles. The fourth-order valence-electron chi connectivity index (χ4n) is 3.25. The van der Waals surface area contributed by atoms with E-state index in [9.17, 15) is 0 Å². The van der Waals surface area contributed by atoms with Crippen molar-refractivity contribution in [2.45, 2.75) is 26.4 Å². The Hall–Kier alpha value is -3.18. The van der Waals surface area contributed by atoms with E-state index >= 15 is 0 Å². The van der Waals surface area contributed by atoms with Crippen molar-refractivity contribution in [1.29, 1.82) is 0 Å². The van der Waals surface area contributed by atoms with Crippen LogP contribution in [0.5, 0.6) is 0 Å². The third kappa shape index (κ3) is 3.68. The van der Waals surface area contributed by atoms with Gasteiger partial charge in [-0.05, 0) is 49.7 Å². The van der Waals surface area contributed by atoms with E-state index in [-0.39, 0.29) is 6.04 Å². The topological polar surface area (TPSA) is 47.7 Å². The van der Waals surface area contributed by atoms with Crippen molar-refractivity contribution in [1.82, 2.24) is 24.9 Å². The molecule has 0 amide bonds. The SMILES string of the molecule is Cc1c([C@@H](C)NCc2ccc(-n3cccn3)cc2)cnn1-c1ccccc1. The summed E-state index contributed by atoms with van der Waals surface area (Å²) in [7, 11) is 0. The van der Waals surface area contributed by atoms with Crippen molar-refractivity contribution < 1.29 is 0 Å². The Morgan fingerprint density at radius 2 is 1.70 bits per heavy atom. The number of para-hydroxylation sites is 1. The van der Waals surface area contributed by atoms with E-state index in [2.05, 4.69) is 65.8 Å². The summed E-state index contributed by atoms with van der Waals surface area (Å²) in [5, 5.41) is 12.4. The van der Waals surface area contributed by atoms with Crippen LogP contribution in [0.25, 0.3) is 11.4 Å². The van der Waals surface area contributed by atoms with Gasteiger partial charge in [0, 0.05) is 36.2 Å². The summed E-state index contributed by atoms with van der Waals surface area (Å²) < 4.78 is 3.85. The van der Waals surface area contributed by atoms with Crippen molar-refractivity contribution >= 4 is 0 Å². The molecule has 0 saturated heterocycles. The van der Waals surface area contributed by atoms with Crippen LogP contribution in [0.2, 0.25) is 0 Å². The minimum Gasteiger partial charge on any atom is -0.306 e. The molecular formula is C22H23N5. The first-order valence-electron chi connectivity index (χ1n) is 9.14. The highest BCUT2D eigenvalue weighted by atomic mass is 15.3. The van der Waals surface area contributed by atoms with Gasteiger partial charge in [-0.15, -0.1) is 0 Å². The number of nitrogens with zero attached hydrogens (tertiary/aromatic N) is 4. The van der Waals surface area contributed by atoms with Crippen molar-refractivity contribution in [3.8, 4) is 11.4 Å². The van der Waals surface area contributed by atoms with E-state index in [0.717, 1.165) is 23.6 Å². The molecule has 1 atom stereocenters. The largest absolute Gasteiger partial charge is 0.306 e. The van der Waals surface area contributed by atoms with E-state index in [1.165, 1.54) is 11.1 Å². The number of hydrogen-bond donors (Lipinski definition) is 1. The molecular weight excluding hydrogens is 334 g/mol. The molecule has 136 valence electrons. The van der Waals surface area contributed by atoms with Crippen LogP contribution in [0.4, 0.5) is 0 Å². The summed E-state index contributed by atoms with van der Waals surface area (Å²) in [5.74, 6) is 0. The second kappa shape index (κ2) is 7.60. The molecule has 5 nitrogen and oxygen atoms in total. The second-order valence-corrected chi connectivity index (χ2v) is 6.65. The maximum Gasteiger partial charge on any atom is 0.0648 e. The maximum absolute atomic E-state index is 4.57. The molecule has 0 aliphatic carbocycles. The van der Waals surface area contributed by atoms with Crippen LogP contribution in [0, 0.1) is 6.92 Å². The monoisotopic (exact) mass is 357 g/mol. The standard InChI is InChI=1S/C22H23N5/c1-17(22-16-25-27(18(22)2)21-7-4-3-5-8-21)23-15-19-9-11-20(12-10-19)26-14-6-13-24-26/h3-14,16-17,23H,15H2,1-2H3/t17-/m1/s1. The van der Waals surface area contributed by atoms with Gasteiger partial charge in [0.1, 0.15) is 0 Å². The lowest BCUT2D eigenvalue weighted by atomic mass is 10.1. The zero-order valence-electron chi connectivity index (χ0n) is 15.6. The first-order valence-corrected chi connectivity index (χ1v) is 9.14. The molecule has 2 heterocycles. The van der Waals surface area contributed by atoms with Crippen LogP contribution in [0.15, 0.2) is 79.3 Å². The lowest BCUT2D eigenvalue weighted by Gasteiger charge is -2.14. The molecule has 0 bridgehead atoms. The second-order valence-electron chi connectivity index (χ2n) is 6.65. The number of benzene rings is 2. The van der Waals surface area contributed by atoms with Gasteiger partial charge in [-0.25, -0.2) is 9.36 Å². The van der Waals surface area contributed by atoms with Gasteiger partial charge in [0.15, 0.2) is 0 Å². The van der Waals surface area contributed by atoms with Crippen LogP contribution in [0.3, 0.4) is 0 Å². The van der Waals surface area contributed by atoms with Gasteiger partial charge in [-0.1, -0.05) is 30.3 Å². The summed E-state index contributed by atoms with van der Waals surface area (Å²) in [4.78, 5) is 0. The van der Waals surface area contributed by atoms with E-state index < -0.39 is 0 Å². The molecule has 0 radical (unpaired) electrons. The zero-order valence-corrected chi connectivity index (χ0v) is 15.6. The summed E-state index contributed by atoms with van der Waals surface area (Å²) in [6, 6.07) is 20.8. The quantitative estimate of drug-likeness (QED) is 0.562. The van der Waals surface area contributed by atoms with Crippen molar-refractivity contribution in [2.75, 3.05) is 0 Å². The molecule has 0 aliphatic heterocycles. The molecule has 4 aromatic rings. The molecule has 5 heteroatoms. The van der Waals surface area contributed by atoms with Crippen molar-refractivity contribution in [3.63, 3.8) is 0 Å². The predicted octanol–water partition coefficient (Wildman–Crippen LogP) is 4.22. The fraction of sp³-hybridized carbons (Fsp3) is 0.182. The van der Waals surface area contributed by atoms with Crippen molar-refractivity contribution in [2.24, 2.45) is 0 Å². The van der Waals surface area contributed by atoms with E-state index in [1.54, 1.807) is 6.20 Å². The summed E-state index contributed by atoms with van der Waals surface area (Å²) >= 11 is 0. The minimum atomic E-state index is 0.216. The minimum absolute atomic E-state index is 0.216. The van der Waals surface area contributed by atoms with Gasteiger partial charge in [0.25, 0.3) is 0 Å². The molecule has 0 fully saturated rings. The number of hydrogen-bond acceptors (Lipinski definition) is 3. The Morgan fingerprint density at radius 1 is 0.926 bits per heavy atom.